The van der Waals surface area contributed by atoms with Crippen LogP contribution >= 0.6 is 23.2 Å². The molecule has 0 bridgehead atoms. The molecule has 0 aromatic heterocycles. The van der Waals surface area contributed by atoms with E-state index in [9.17, 15) is 14.0 Å². The molecule has 1 fully saturated rings. The average Bonchev–Trinajstić information content (AvgIpc) is 3.01. The first-order valence-corrected chi connectivity index (χ1v) is 9.64. The predicted octanol–water partition coefficient (Wildman–Crippen LogP) is 4.21. The maximum atomic E-state index is 13.9. The van der Waals surface area contributed by atoms with E-state index in [-0.39, 0.29) is 23.9 Å². The van der Waals surface area contributed by atoms with Gasteiger partial charge in [-0.25, -0.2) is 4.39 Å². The van der Waals surface area contributed by atoms with E-state index in [4.69, 9.17) is 27.9 Å². The Balaban J connectivity index is 1.44. The molecule has 1 aliphatic rings. The smallest absolute Gasteiger partial charge is 0.249 e. The highest BCUT2D eigenvalue weighted by molar-refractivity contribution is 6.35. The number of ether oxygens (including phenoxy) is 1. The van der Waals surface area contributed by atoms with Crippen LogP contribution in [0.25, 0.3) is 0 Å². The Hall–Kier alpha value is -2.31. The van der Waals surface area contributed by atoms with Crippen molar-refractivity contribution in [2.75, 3.05) is 18.1 Å². The molecule has 8 heteroatoms. The van der Waals surface area contributed by atoms with Crippen LogP contribution in [-0.2, 0) is 9.59 Å². The molecule has 1 atom stereocenters. The average molecular weight is 425 g/mol. The van der Waals surface area contributed by atoms with Gasteiger partial charge in [0.05, 0.1) is 17.3 Å². The number of hydrogen-bond donors (Lipinski definition) is 1. The van der Waals surface area contributed by atoms with Crippen LogP contribution < -0.4 is 15.0 Å². The number of carbonyl (C=O) groups excluding carboxylic acids is 2. The van der Waals surface area contributed by atoms with E-state index in [0.29, 0.717) is 41.8 Å². The standard InChI is InChI=1S/C20H19Cl2FN2O3/c21-13-7-8-18(14(22)12-13)28-11-3-6-19(26)24-16-9-10-25(20(16)27)17-5-2-1-4-15(17)23/h1-2,4-5,7-8,12,16H,3,6,9-11H2,(H,24,26). The van der Waals surface area contributed by atoms with Crippen molar-refractivity contribution in [2.45, 2.75) is 25.3 Å². The minimum Gasteiger partial charge on any atom is -0.492 e. The Kier molecular flexibility index (Phi) is 6.75. The molecule has 2 aromatic rings. The normalized spacial score (nSPS) is 16.3. The summed E-state index contributed by atoms with van der Waals surface area (Å²) in [6.07, 6.45) is 1.10. The predicted molar refractivity (Wildman–Crippen MR) is 106 cm³/mol. The molecule has 2 aromatic carbocycles. The van der Waals surface area contributed by atoms with Crippen molar-refractivity contribution in [3.8, 4) is 5.75 Å². The third-order valence-electron chi connectivity index (χ3n) is 4.38. The van der Waals surface area contributed by atoms with E-state index in [1.54, 1.807) is 36.4 Å². The lowest BCUT2D eigenvalue weighted by atomic mass is 10.2. The van der Waals surface area contributed by atoms with E-state index in [1.807, 2.05) is 0 Å². The minimum absolute atomic E-state index is 0.203. The van der Waals surface area contributed by atoms with Gasteiger partial charge < -0.3 is 15.0 Å². The number of nitrogens with zero attached hydrogens (tertiary/aromatic N) is 1. The molecule has 0 aliphatic carbocycles. The number of para-hydroxylation sites is 1. The van der Waals surface area contributed by atoms with Crippen LogP contribution in [0.5, 0.6) is 5.75 Å². The van der Waals surface area contributed by atoms with Crippen LogP contribution in [0.3, 0.4) is 0 Å². The molecule has 1 N–H and O–H groups in total. The Labute approximate surface area is 172 Å². The van der Waals surface area contributed by atoms with Crippen molar-refractivity contribution in [2.24, 2.45) is 0 Å². The van der Waals surface area contributed by atoms with Gasteiger partial charge in [0.15, 0.2) is 0 Å². The number of anilines is 1. The third kappa shape index (κ3) is 4.94. The van der Waals surface area contributed by atoms with Crippen molar-refractivity contribution in [3.05, 3.63) is 58.3 Å². The zero-order valence-electron chi connectivity index (χ0n) is 15.0. The zero-order valence-corrected chi connectivity index (χ0v) is 16.5. The molecular weight excluding hydrogens is 406 g/mol. The summed E-state index contributed by atoms with van der Waals surface area (Å²) in [5.74, 6) is -0.513. The molecule has 28 heavy (non-hydrogen) atoms. The summed E-state index contributed by atoms with van der Waals surface area (Å²) >= 11 is 11.8. The van der Waals surface area contributed by atoms with Crippen molar-refractivity contribution in [1.29, 1.82) is 0 Å². The highest BCUT2D eigenvalue weighted by atomic mass is 35.5. The van der Waals surface area contributed by atoms with Crippen LogP contribution in [0.4, 0.5) is 10.1 Å². The number of amides is 2. The molecule has 5 nitrogen and oxygen atoms in total. The SMILES string of the molecule is O=C(CCCOc1ccc(Cl)cc1Cl)NC1CCN(c2ccccc2F)C1=O. The van der Waals surface area contributed by atoms with Crippen molar-refractivity contribution in [1.82, 2.24) is 5.32 Å². The lowest BCUT2D eigenvalue weighted by Crippen LogP contribution is -2.41. The number of nitrogens with one attached hydrogen (secondary N) is 1. The molecule has 0 radical (unpaired) electrons. The summed E-state index contributed by atoms with van der Waals surface area (Å²) in [5, 5.41) is 3.63. The van der Waals surface area contributed by atoms with Crippen LogP contribution in [-0.4, -0.2) is 31.0 Å². The van der Waals surface area contributed by atoms with Gasteiger partial charge in [0.25, 0.3) is 0 Å². The minimum atomic E-state index is -0.640. The second-order valence-corrected chi connectivity index (χ2v) is 7.22. The lowest BCUT2D eigenvalue weighted by molar-refractivity contribution is -0.126. The first kappa shape index (κ1) is 20.4. The van der Waals surface area contributed by atoms with Crippen molar-refractivity contribution >= 4 is 40.7 Å². The van der Waals surface area contributed by atoms with Gasteiger partial charge in [-0.15, -0.1) is 0 Å². The molecule has 0 saturated carbocycles. The number of carbonyl (C=O) groups is 2. The van der Waals surface area contributed by atoms with E-state index in [2.05, 4.69) is 5.32 Å². The molecule has 148 valence electrons. The molecule has 3 rings (SSSR count). The highest BCUT2D eigenvalue weighted by Crippen LogP contribution is 2.27. The Morgan fingerprint density at radius 1 is 1.25 bits per heavy atom. The van der Waals surface area contributed by atoms with E-state index in [1.165, 1.54) is 11.0 Å². The number of halogens is 3. The largest absolute Gasteiger partial charge is 0.492 e. The van der Waals surface area contributed by atoms with Crippen LogP contribution in [0.1, 0.15) is 19.3 Å². The lowest BCUT2D eigenvalue weighted by Gasteiger charge is -2.17. The first-order valence-electron chi connectivity index (χ1n) is 8.89. The fraction of sp³-hybridized carbons (Fsp3) is 0.300. The molecule has 1 unspecified atom stereocenters. The van der Waals surface area contributed by atoms with Gasteiger partial charge in [0, 0.05) is 18.0 Å². The quantitative estimate of drug-likeness (QED) is 0.677. The Bertz CT molecular complexity index is 878. The third-order valence-corrected chi connectivity index (χ3v) is 4.91. The van der Waals surface area contributed by atoms with Gasteiger partial charge in [0.1, 0.15) is 17.6 Å². The Morgan fingerprint density at radius 2 is 2.04 bits per heavy atom. The fourth-order valence-electron chi connectivity index (χ4n) is 3.00. The number of rotatable bonds is 7. The second kappa shape index (κ2) is 9.26. The summed E-state index contributed by atoms with van der Waals surface area (Å²) in [6, 6.07) is 10.4. The monoisotopic (exact) mass is 424 g/mol. The highest BCUT2D eigenvalue weighted by Gasteiger charge is 2.34. The summed E-state index contributed by atoms with van der Waals surface area (Å²) in [6.45, 7) is 0.664. The first-order chi connectivity index (χ1) is 13.5. The summed E-state index contributed by atoms with van der Waals surface area (Å²) in [5.41, 5.74) is 0.234. The van der Waals surface area contributed by atoms with E-state index >= 15 is 0 Å². The van der Waals surface area contributed by atoms with Gasteiger partial charge in [-0.1, -0.05) is 35.3 Å². The molecule has 0 spiro atoms. The van der Waals surface area contributed by atoms with Gasteiger partial charge in [-0.3, -0.25) is 9.59 Å². The Morgan fingerprint density at radius 3 is 2.79 bits per heavy atom. The number of hydrogen-bond acceptors (Lipinski definition) is 3. The summed E-state index contributed by atoms with van der Waals surface area (Å²) < 4.78 is 19.4. The van der Waals surface area contributed by atoms with E-state index < -0.39 is 11.9 Å². The maximum absolute atomic E-state index is 13.9. The molecule has 1 heterocycles. The van der Waals surface area contributed by atoms with Gasteiger partial charge in [-0.2, -0.15) is 0 Å². The molecule has 2 amide bonds. The van der Waals surface area contributed by atoms with Gasteiger partial charge >= 0.3 is 0 Å². The summed E-state index contributed by atoms with van der Waals surface area (Å²) in [7, 11) is 0. The number of benzene rings is 2. The van der Waals surface area contributed by atoms with Crippen LogP contribution in [0, 0.1) is 5.82 Å². The van der Waals surface area contributed by atoms with Gasteiger partial charge in [-0.05, 0) is 43.2 Å². The zero-order chi connectivity index (χ0) is 20.1. The van der Waals surface area contributed by atoms with Crippen molar-refractivity contribution < 1.29 is 18.7 Å². The topological polar surface area (TPSA) is 58.6 Å². The fourth-order valence-corrected chi connectivity index (χ4v) is 3.46. The van der Waals surface area contributed by atoms with Gasteiger partial charge in [0.2, 0.25) is 11.8 Å². The van der Waals surface area contributed by atoms with Crippen LogP contribution in [0.2, 0.25) is 10.0 Å². The van der Waals surface area contributed by atoms with Crippen molar-refractivity contribution in [3.63, 3.8) is 0 Å². The molecule has 1 aliphatic heterocycles. The summed E-state index contributed by atoms with van der Waals surface area (Å²) in [4.78, 5) is 26.0. The van der Waals surface area contributed by atoms with E-state index in [0.717, 1.165) is 0 Å². The second-order valence-electron chi connectivity index (χ2n) is 6.38. The maximum Gasteiger partial charge on any atom is 0.249 e. The van der Waals surface area contributed by atoms with Crippen LogP contribution in [0.15, 0.2) is 42.5 Å². The molecular formula is C20H19Cl2FN2O3. The molecule has 1 saturated heterocycles.